The summed E-state index contributed by atoms with van der Waals surface area (Å²) in [6.07, 6.45) is -0.344. The molecule has 0 radical (unpaired) electrons. The minimum absolute atomic E-state index is 0.0537. The standard InChI is InChI=1S/C11H18NO4P/c1-8(2)16-17(13,14)7-9-4-5-10(12)11(6-9)15-3/h4-6,8H,7,12H2,1-3H3,(H,13,14). The van der Waals surface area contributed by atoms with E-state index in [1.54, 1.807) is 32.0 Å². The zero-order valence-electron chi connectivity index (χ0n) is 10.2. The van der Waals surface area contributed by atoms with E-state index >= 15 is 0 Å². The lowest BCUT2D eigenvalue weighted by molar-refractivity contribution is 0.204. The molecule has 0 spiro atoms. The Labute approximate surface area is 101 Å². The first kappa shape index (κ1) is 14.0. The SMILES string of the molecule is COc1cc(CP(=O)(O)OC(C)C)ccc1N. The molecule has 3 N–H and O–H groups in total. The zero-order chi connectivity index (χ0) is 13.1. The molecule has 1 atom stereocenters. The lowest BCUT2D eigenvalue weighted by Gasteiger charge is -2.15. The third-order valence-electron chi connectivity index (χ3n) is 2.06. The molecule has 1 aromatic carbocycles. The lowest BCUT2D eigenvalue weighted by atomic mass is 10.2. The van der Waals surface area contributed by atoms with E-state index in [1.807, 2.05) is 0 Å². The minimum atomic E-state index is -3.61. The van der Waals surface area contributed by atoms with Crippen molar-refractivity contribution in [1.82, 2.24) is 0 Å². The van der Waals surface area contributed by atoms with Gasteiger partial charge in [0.25, 0.3) is 0 Å². The predicted molar refractivity (Wildman–Crippen MR) is 67.2 cm³/mol. The number of methoxy groups -OCH3 is 1. The molecule has 0 aliphatic heterocycles. The Bertz CT molecular complexity index is 433. The maximum atomic E-state index is 11.7. The smallest absolute Gasteiger partial charge is 0.332 e. The van der Waals surface area contributed by atoms with Crippen LogP contribution in [0.5, 0.6) is 5.75 Å². The molecule has 0 fully saturated rings. The third kappa shape index (κ3) is 4.38. The number of nitrogen functional groups attached to an aromatic ring is 1. The van der Waals surface area contributed by atoms with Crippen molar-refractivity contribution in [3.8, 4) is 5.75 Å². The summed E-state index contributed by atoms with van der Waals surface area (Å²) in [4.78, 5) is 9.63. The quantitative estimate of drug-likeness (QED) is 0.626. The Morgan fingerprint density at radius 3 is 2.65 bits per heavy atom. The van der Waals surface area contributed by atoms with Crippen LogP contribution in [0.4, 0.5) is 5.69 Å². The first-order valence-electron chi connectivity index (χ1n) is 5.26. The van der Waals surface area contributed by atoms with E-state index in [4.69, 9.17) is 15.0 Å². The molecule has 1 unspecified atom stereocenters. The Morgan fingerprint density at radius 2 is 2.12 bits per heavy atom. The Balaban J connectivity index is 2.85. The molecule has 1 aromatic rings. The van der Waals surface area contributed by atoms with Crippen molar-refractivity contribution in [3.05, 3.63) is 23.8 Å². The van der Waals surface area contributed by atoms with Crippen LogP contribution in [0.1, 0.15) is 19.4 Å². The molecule has 5 nitrogen and oxygen atoms in total. The summed E-state index contributed by atoms with van der Waals surface area (Å²) < 4.78 is 21.8. The first-order chi connectivity index (χ1) is 7.84. The van der Waals surface area contributed by atoms with Crippen molar-refractivity contribution in [2.45, 2.75) is 26.1 Å². The van der Waals surface area contributed by atoms with Gasteiger partial charge in [-0.05, 0) is 31.5 Å². The number of hydrogen-bond acceptors (Lipinski definition) is 4. The molecular formula is C11H18NO4P. The van der Waals surface area contributed by atoms with Gasteiger partial charge in [0.15, 0.2) is 0 Å². The van der Waals surface area contributed by atoms with Crippen LogP contribution in [0.15, 0.2) is 18.2 Å². The Hall–Kier alpha value is -1.03. The van der Waals surface area contributed by atoms with Crippen LogP contribution in [0, 0.1) is 0 Å². The second-order valence-corrected chi connectivity index (χ2v) is 5.83. The molecule has 0 amide bonds. The van der Waals surface area contributed by atoms with Gasteiger partial charge in [0.05, 0.1) is 25.1 Å². The van der Waals surface area contributed by atoms with Gasteiger partial charge in [-0.15, -0.1) is 0 Å². The van der Waals surface area contributed by atoms with Crippen molar-refractivity contribution in [2.75, 3.05) is 12.8 Å². The minimum Gasteiger partial charge on any atom is -0.495 e. The van der Waals surface area contributed by atoms with Crippen LogP contribution in [-0.2, 0) is 15.3 Å². The topological polar surface area (TPSA) is 81.8 Å². The van der Waals surface area contributed by atoms with Gasteiger partial charge in [-0.1, -0.05) is 6.07 Å². The molecule has 0 saturated carbocycles. The van der Waals surface area contributed by atoms with Gasteiger partial charge in [-0.2, -0.15) is 0 Å². The molecular weight excluding hydrogens is 241 g/mol. The molecule has 0 aromatic heterocycles. The predicted octanol–water partition coefficient (Wildman–Crippen LogP) is 2.39. The number of ether oxygens (including phenoxy) is 1. The number of benzene rings is 1. The highest BCUT2D eigenvalue weighted by Crippen LogP contribution is 2.47. The van der Waals surface area contributed by atoms with E-state index in [1.165, 1.54) is 7.11 Å². The number of nitrogens with two attached hydrogens (primary N) is 1. The maximum absolute atomic E-state index is 11.7. The molecule has 17 heavy (non-hydrogen) atoms. The summed E-state index contributed by atoms with van der Waals surface area (Å²) in [5, 5.41) is 0. The molecule has 96 valence electrons. The van der Waals surface area contributed by atoms with Crippen molar-refractivity contribution in [2.24, 2.45) is 0 Å². The second kappa shape index (κ2) is 5.54. The molecule has 0 heterocycles. The fourth-order valence-corrected chi connectivity index (χ4v) is 2.84. The van der Waals surface area contributed by atoms with E-state index in [-0.39, 0.29) is 12.3 Å². The summed E-state index contributed by atoms with van der Waals surface area (Å²) in [6.45, 7) is 3.43. The molecule has 0 bridgehead atoms. The Kier molecular flexibility index (Phi) is 4.57. The molecule has 0 saturated heterocycles. The fourth-order valence-electron chi connectivity index (χ4n) is 1.45. The zero-order valence-corrected chi connectivity index (χ0v) is 11.1. The number of rotatable bonds is 5. The van der Waals surface area contributed by atoms with Crippen molar-refractivity contribution < 1.29 is 18.7 Å². The van der Waals surface area contributed by atoms with Gasteiger partial charge in [-0.3, -0.25) is 4.57 Å². The summed E-state index contributed by atoms with van der Waals surface area (Å²) in [5.74, 6) is 0.493. The fraction of sp³-hybridized carbons (Fsp3) is 0.455. The van der Waals surface area contributed by atoms with Crippen LogP contribution in [0.25, 0.3) is 0 Å². The highest BCUT2D eigenvalue weighted by Gasteiger charge is 2.22. The number of hydrogen-bond donors (Lipinski definition) is 2. The summed E-state index contributed by atoms with van der Waals surface area (Å²) in [6, 6.07) is 4.97. The van der Waals surface area contributed by atoms with E-state index in [0.29, 0.717) is 17.0 Å². The van der Waals surface area contributed by atoms with E-state index < -0.39 is 7.60 Å². The van der Waals surface area contributed by atoms with Gasteiger partial charge < -0.3 is 19.9 Å². The van der Waals surface area contributed by atoms with Crippen LogP contribution in [0.3, 0.4) is 0 Å². The normalized spacial score (nSPS) is 14.6. The summed E-state index contributed by atoms with van der Waals surface area (Å²) in [7, 11) is -2.11. The van der Waals surface area contributed by atoms with Crippen molar-refractivity contribution in [1.29, 1.82) is 0 Å². The second-order valence-electron chi connectivity index (χ2n) is 4.03. The van der Waals surface area contributed by atoms with Gasteiger partial charge in [-0.25, -0.2) is 0 Å². The molecule has 1 rings (SSSR count). The summed E-state index contributed by atoms with van der Waals surface area (Å²) >= 11 is 0. The van der Waals surface area contributed by atoms with E-state index in [0.717, 1.165) is 0 Å². The van der Waals surface area contributed by atoms with E-state index in [2.05, 4.69) is 0 Å². The van der Waals surface area contributed by atoms with Crippen molar-refractivity contribution in [3.63, 3.8) is 0 Å². The van der Waals surface area contributed by atoms with Gasteiger partial charge in [0, 0.05) is 0 Å². The van der Waals surface area contributed by atoms with Crippen LogP contribution >= 0.6 is 7.60 Å². The molecule has 6 heteroatoms. The Morgan fingerprint density at radius 1 is 1.47 bits per heavy atom. The highest BCUT2D eigenvalue weighted by atomic mass is 31.2. The van der Waals surface area contributed by atoms with Crippen LogP contribution in [0.2, 0.25) is 0 Å². The lowest BCUT2D eigenvalue weighted by Crippen LogP contribution is -2.02. The number of anilines is 1. The molecule has 0 aliphatic carbocycles. The van der Waals surface area contributed by atoms with Gasteiger partial charge in [0.2, 0.25) is 0 Å². The van der Waals surface area contributed by atoms with Crippen LogP contribution in [-0.4, -0.2) is 18.1 Å². The van der Waals surface area contributed by atoms with Crippen LogP contribution < -0.4 is 10.5 Å². The van der Waals surface area contributed by atoms with Gasteiger partial charge >= 0.3 is 7.60 Å². The maximum Gasteiger partial charge on any atom is 0.332 e. The third-order valence-corrected chi connectivity index (χ3v) is 3.57. The summed E-state index contributed by atoms with van der Waals surface area (Å²) in [5.41, 5.74) is 6.81. The average Bonchev–Trinajstić information content (AvgIpc) is 2.18. The van der Waals surface area contributed by atoms with E-state index in [9.17, 15) is 9.46 Å². The monoisotopic (exact) mass is 259 g/mol. The molecule has 0 aliphatic rings. The van der Waals surface area contributed by atoms with Gasteiger partial charge in [0.1, 0.15) is 5.75 Å². The highest BCUT2D eigenvalue weighted by molar-refractivity contribution is 7.51. The largest absolute Gasteiger partial charge is 0.495 e. The average molecular weight is 259 g/mol. The van der Waals surface area contributed by atoms with Crippen molar-refractivity contribution >= 4 is 13.3 Å². The first-order valence-corrected chi connectivity index (χ1v) is 7.03.